The predicted octanol–water partition coefficient (Wildman–Crippen LogP) is 0.971. The molecular formula is C19H30N4O2. The Morgan fingerprint density at radius 3 is 2.76 bits per heavy atom. The number of piperazine rings is 1. The van der Waals surface area contributed by atoms with E-state index in [-0.39, 0.29) is 12.1 Å². The Bertz CT molecular complexity index is 572. The topological polar surface area (TPSA) is 67.8 Å². The van der Waals surface area contributed by atoms with Crippen molar-refractivity contribution in [1.29, 1.82) is 0 Å². The maximum absolute atomic E-state index is 12.1. The van der Waals surface area contributed by atoms with Gasteiger partial charge >= 0.3 is 6.03 Å². The highest BCUT2D eigenvalue weighted by Crippen LogP contribution is 2.30. The first-order valence-corrected chi connectivity index (χ1v) is 9.34. The molecule has 1 heterocycles. The van der Waals surface area contributed by atoms with Crippen molar-refractivity contribution in [2.75, 3.05) is 46.3 Å². The molecular weight excluding hydrogens is 316 g/mol. The molecule has 25 heavy (non-hydrogen) atoms. The third-order valence-electron chi connectivity index (χ3n) is 5.27. The Morgan fingerprint density at radius 2 is 1.96 bits per heavy atom. The lowest BCUT2D eigenvalue weighted by molar-refractivity contribution is 0.142. The number of benzene rings is 1. The number of urea groups is 1. The summed E-state index contributed by atoms with van der Waals surface area (Å²) in [6.07, 6.45) is 2.13. The fraction of sp³-hybridized carbons (Fsp3) is 0.632. The zero-order chi connectivity index (χ0) is 17.6. The molecule has 2 unspecified atom stereocenters. The number of amides is 2. The van der Waals surface area contributed by atoms with Gasteiger partial charge in [0.1, 0.15) is 0 Å². The molecule has 1 aliphatic heterocycles. The smallest absolute Gasteiger partial charge is 0.315 e. The van der Waals surface area contributed by atoms with Crippen LogP contribution in [0, 0.1) is 0 Å². The van der Waals surface area contributed by atoms with Gasteiger partial charge in [-0.05, 0) is 37.6 Å². The summed E-state index contributed by atoms with van der Waals surface area (Å²) in [5.41, 5.74) is 2.15. The van der Waals surface area contributed by atoms with E-state index in [4.69, 9.17) is 0 Å². The zero-order valence-electron chi connectivity index (χ0n) is 15.1. The van der Waals surface area contributed by atoms with Crippen LogP contribution < -0.4 is 10.6 Å². The lowest BCUT2D eigenvalue weighted by Crippen LogP contribution is -2.44. The number of hydrogen-bond acceptors (Lipinski definition) is 4. The number of fused-ring (bicyclic) bond motifs is 1. The molecule has 2 aliphatic rings. The Balaban J connectivity index is 1.32. The van der Waals surface area contributed by atoms with Crippen molar-refractivity contribution in [1.82, 2.24) is 20.4 Å². The number of nitrogens with one attached hydrogen (secondary N) is 2. The molecule has 1 aliphatic carbocycles. The van der Waals surface area contributed by atoms with Gasteiger partial charge in [0.15, 0.2) is 0 Å². The molecule has 1 aromatic rings. The molecule has 6 heteroatoms. The maximum Gasteiger partial charge on any atom is 0.315 e. The van der Waals surface area contributed by atoms with Gasteiger partial charge in [-0.2, -0.15) is 0 Å². The van der Waals surface area contributed by atoms with Gasteiger partial charge in [-0.15, -0.1) is 0 Å². The molecule has 3 N–H and O–H groups in total. The first-order chi connectivity index (χ1) is 12.1. The van der Waals surface area contributed by atoms with Crippen LogP contribution in [0.25, 0.3) is 0 Å². The van der Waals surface area contributed by atoms with Crippen molar-refractivity contribution in [3.63, 3.8) is 0 Å². The monoisotopic (exact) mass is 346 g/mol. The lowest BCUT2D eigenvalue weighted by Gasteiger charge is -2.32. The van der Waals surface area contributed by atoms with Gasteiger partial charge in [0.05, 0.1) is 12.1 Å². The number of likely N-dealkylation sites (N-methyl/N-ethyl adjacent to an activating group) is 1. The van der Waals surface area contributed by atoms with Gasteiger partial charge in [0.25, 0.3) is 0 Å². The largest absolute Gasteiger partial charge is 0.390 e. The van der Waals surface area contributed by atoms with Crippen LogP contribution in [0.3, 0.4) is 0 Å². The number of nitrogens with zero attached hydrogens (tertiary/aromatic N) is 2. The summed E-state index contributed by atoms with van der Waals surface area (Å²) in [6, 6.07) is 7.40. The number of aliphatic hydroxyl groups is 1. The van der Waals surface area contributed by atoms with E-state index in [1.54, 1.807) is 0 Å². The molecule has 0 bridgehead atoms. The highest BCUT2D eigenvalue weighted by Gasteiger charge is 2.31. The van der Waals surface area contributed by atoms with Crippen LogP contribution in [-0.4, -0.2) is 73.4 Å². The summed E-state index contributed by atoms with van der Waals surface area (Å²) in [4.78, 5) is 17.0. The van der Waals surface area contributed by atoms with Crippen molar-refractivity contribution in [2.24, 2.45) is 0 Å². The SMILES string of the molecule is CN1CCN(CCCCNC(=O)NC2c3ccccc3CC2O)CC1. The third-order valence-corrected chi connectivity index (χ3v) is 5.27. The van der Waals surface area contributed by atoms with Crippen molar-refractivity contribution >= 4 is 6.03 Å². The van der Waals surface area contributed by atoms with E-state index in [1.165, 1.54) is 0 Å². The van der Waals surface area contributed by atoms with Crippen molar-refractivity contribution in [3.05, 3.63) is 35.4 Å². The van der Waals surface area contributed by atoms with Gasteiger partial charge in [0.2, 0.25) is 0 Å². The lowest BCUT2D eigenvalue weighted by atomic mass is 10.1. The van der Waals surface area contributed by atoms with E-state index in [9.17, 15) is 9.90 Å². The van der Waals surface area contributed by atoms with E-state index >= 15 is 0 Å². The Hall–Kier alpha value is -1.63. The number of unbranched alkanes of at least 4 members (excludes halogenated alkanes) is 1. The molecule has 0 saturated carbocycles. The van der Waals surface area contributed by atoms with Gasteiger partial charge in [-0.25, -0.2) is 4.79 Å². The predicted molar refractivity (Wildman–Crippen MR) is 98.6 cm³/mol. The molecule has 1 fully saturated rings. The number of carbonyl (C=O) groups is 1. The van der Waals surface area contributed by atoms with Crippen LogP contribution in [0.1, 0.15) is 30.0 Å². The first kappa shape index (κ1) is 18.2. The molecule has 2 amide bonds. The number of hydrogen-bond donors (Lipinski definition) is 3. The van der Waals surface area contributed by atoms with E-state index < -0.39 is 6.10 Å². The molecule has 1 saturated heterocycles. The molecule has 0 aromatic heterocycles. The second kappa shape index (κ2) is 8.65. The molecule has 138 valence electrons. The minimum Gasteiger partial charge on any atom is -0.390 e. The molecule has 6 nitrogen and oxygen atoms in total. The second-order valence-corrected chi connectivity index (χ2v) is 7.20. The molecule has 1 aromatic carbocycles. The summed E-state index contributed by atoms with van der Waals surface area (Å²) in [6.45, 7) is 6.35. The highest BCUT2D eigenvalue weighted by molar-refractivity contribution is 5.74. The fourth-order valence-corrected chi connectivity index (χ4v) is 3.67. The van der Waals surface area contributed by atoms with Crippen LogP contribution >= 0.6 is 0 Å². The quantitative estimate of drug-likeness (QED) is 0.672. The summed E-state index contributed by atoms with van der Waals surface area (Å²) in [7, 11) is 2.17. The zero-order valence-corrected chi connectivity index (χ0v) is 15.1. The normalized spacial score (nSPS) is 24.1. The van der Waals surface area contributed by atoms with Gasteiger partial charge < -0.3 is 25.5 Å². The minimum atomic E-state index is -0.541. The van der Waals surface area contributed by atoms with E-state index in [0.717, 1.165) is 56.7 Å². The molecule has 2 atom stereocenters. The highest BCUT2D eigenvalue weighted by atomic mass is 16.3. The first-order valence-electron chi connectivity index (χ1n) is 9.34. The third kappa shape index (κ3) is 4.93. The minimum absolute atomic E-state index is 0.194. The summed E-state index contributed by atoms with van der Waals surface area (Å²) in [5, 5.41) is 16.0. The number of aliphatic hydroxyl groups excluding tert-OH is 1. The fourth-order valence-electron chi connectivity index (χ4n) is 3.67. The average molecular weight is 346 g/mol. The van der Waals surface area contributed by atoms with Crippen LogP contribution in [0.5, 0.6) is 0 Å². The van der Waals surface area contributed by atoms with Crippen LogP contribution in [-0.2, 0) is 6.42 Å². The second-order valence-electron chi connectivity index (χ2n) is 7.20. The maximum atomic E-state index is 12.1. The van der Waals surface area contributed by atoms with Gasteiger partial charge in [0, 0.05) is 39.1 Å². The van der Waals surface area contributed by atoms with E-state index in [2.05, 4.69) is 27.5 Å². The Morgan fingerprint density at radius 1 is 1.20 bits per heavy atom. The van der Waals surface area contributed by atoms with Crippen LogP contribution in [0.4, 0.5) is 4.79 Å². The molecule has 3 rings (SSSR count). The summed E-state index contributed by atoms with van der Waals surface area (Å²) >= 11 is 0. The summed E-state index contributed by atoms with van der Waals surface area (Å²) < 4.78 is 0. The van der Waals surface area contributed by atoms with Gasteiger partial charge in [-0.1, -0.05) is 24.3 Å². The van der Waals surface area contributed by atoms with Gasteiger partial charge in [-0.3, -0.25) is 0 Å². The number of rotatable bonds is 6. The van der Waals surface area contributed by atoms with Crippen LogP contribution in [0.2, 0.25) is 0 Å². The Labute approximate surface area is 150 Å². The number of carbonyl (C=O) groups excluding carboxylic acids is 1. The summed E-state index contributed by atoms with van der Waals surface area (Å²) in [5.74, 6) is 0. The van der Waals surface area contributed by atoms with E-state index in [1.807, 2.05) is 24.3 Å². The van der Waals surface area contributed by atoms with Crippen molar-refractivity contribution in [3.8, 4) is 0 Å². The standard InChI is InChI=1S/C19H30N4O2/c1-22-10-12-23(13-11-22)9-5-4-8-20-19(25)21-18-16-7-3-2-6-15(16)14-17(18)24/h2-3,6-7,17-18,24H,4-5,8-14H2,1H3,(H2,20,21,25). The molecule has 0 radical (unpaired) electrons. The van der Waals surface area contributed by atoms with Crippen molar-refractivity contribution in [2.45, 2.75) is 31.4 Å². The van der Waals surface area contributed by atoms with Crippen molar-refractivity contribution < 1.29 is 9.90 Å². The van der Waals surface area contributed by atoms with Crippen LogP contribution in [0.15, 0.2) is 24.3 Å². The average Bonchev–Trinajstić information content (AvgIpc) is 2.92. The Kier molecular flexibility index (Phi) is 6.29. The van der Waals surface area contributed by atoms with E-state index in [0.29, 0.717) is 13.0 Å². The molecule has 0 spiro atoms.